The van der Waals surface area contributed by atoms with Crippen LogP contribution in [0.1, 0.15) is 35.4 Å². The van der Waals surface area contributed by atoms with Gasteiger partial charge in [0.15, 0.2) is 5.78 Å². The van der Waals surface area contributed by atoms with E-state index in [9.17, 15) is 4.79 Å². The van der Waals surface area contributed by atoms with Crippen molar-refractivity contribution in [2.45, 2.75) is 25.7 Å². The van der Waals surface area contributed by atoms with Crippen LogP contribution < -0.4 is 0 Å². The van der Waals surface area contributed by atoms with Crippen molar-refractivity contribution in [1.82, 2.24) is 0 Å². The molecule has 1 aliphatic rings. The number of hydrogen-bond acceptors (Lipinski definition) is 2. The van der Waals surface area contributed by atoms with Gasteiger partial charge in [0.25, 0.3) is 0 Å². The first-order valence-electron chi connectivity index (χ1n) is 4.53. The van der Waals surface area contributed by atoms with Crippen LogP contribution in [0.3, 0.4) is 0 Å². The fourth-order valence-corrected chi connectivity index (χ4v) is 2.90. The molecule has 2 rings (SSSR count). The van der Waals surface area contributed by atoms with Crippen molar-refractivity contribution in [3.8, 4) is 0 Å². The number of carbonyl (C=O) groups excluding carboxylic acids is 1. The van der Waals surface area contributed by atoms with Crippen molar-refractivity contribution in [3.05, 3.63) is 20.8 Å². The minimum atomic E-state index is 0.320. The van der Waals surface area contributed by atoms with Crippen LogP contribution in [-0.4, -0.2) is 5.78 Å². The molecule has 0 unspecified atom stereocenters. The first kappa shape index (κ1) is 9.41. The molecule has 1 nitrogen and oxygen atoms in total. The molecule has 13 heavy (non-hydrogen) atoms. The van der Waals surface area contributed by atoms with Crippen LogP contribution in [-0.2, 0) is 0 Å². The summed E-state index contributed by atoms with van der Waals surface area (Å²) in [5.74, 6) is 0.994. The van der Waals surface area contributed by atoms with Crippen LogP contribution in [0.25, 0.3) is 0 Å². The maximum Gasteiger partial charge on any atom is 0.173 e. The van der Waals surface area contributed by atoms with E-state index in [1.54, 1.807) is 0 Å². The van der Waals surface area contributed by atoms with Gasteiger partial charge in [0.1, 0.15) is 0 Å². The molecule has 70 valence electrons. The minimum absolute atomic E-state index is 0.320. The lowest BCUT2D eigenvalue weighted by molar-refractivity contribution is 0.0940. The van der Waals surface area contributed by atoms with Crippen LogP contribution >= 0.6 is 27.3 Å². The van der Waals surface area contributed by atoms with Crippen LogP contribution in [0.4, 0.5) is 0 Å². The highest BCUT2D eigenvalue weighted by atomic mass is 79.9. The highest BCUT2D eigenvalue weighted by Crippen LogP contribution is 2.31. The molecule has 0 spiro atoms. The van der Waals surface area contributed by atoms with Gasteiger partial charge in [-0.15, -0.1) is 11.3 Å². The van der Waals surface area contributed by atoms with Crippen molar-refractivity contribution < 1.29 is 4.79 Å². The maximum atomic E-state index is 11.7. The fourth-order valence-electron chi connectivity index (χ4n) is 1.52. The third kappa shape index (κ3) is 2.20. The molecular weight excluding hydrogens is 248 g/mol. The molecule has 1 fully saturated rings. The summed E-state index contributed by atoms with van der Waals surface area (Å²) in [5.41, 5.74) is 0. The molecule has 0 aromatic carbocycles. The SMILES string of the molecule is O=C(CC1CCC1)c1cc(Br)cs1. The highest BCUT2D eigenvalue weighted by molar-refractivity contribution is 9.10. The third-order valence-electron chi connectivity index (χ3n) is 2.54. The van der Waals surface area contributed by atoms with Gasteiger partial charge in [-0.3, -0.25) is 4.79 Å². The van der Waals surface area contributed by atoms with Crippen LogP contribution in [0, 0.1) is 5.92 Å². The molecular formula is C10H11BrOS. The number of halogens is 1. The molecule has 0 amide bonds. The number of ketones is 1. The van der Waals surface area contributed by atoms with Crippen LogP contribution in [0.15, 0.2) is 15.9 Å². The highest BCUT2D eigenvalue weighted by Gasteiger charge is 2.21. The van der Waals surface area contributed by atoms with E-state index in [0.29, 0.717) is 11.7 Å². The van der Waals surface area contributed by atoms with Gasteiger partial charge in [0.2, 0.25) is 0 Å². The Morgan fingerprint density at radius 2 is 2.38 bits per heavy atom. The molecule has 0 saturated heterocycles. The average molecular weight is 259 g/mol. The Labute approximate surface area is 90.3 Å². The zero-order valence-electron chi connectivity index (χ0n) is 7.25. The number of hydrogen-bond donors (Lipinski definition) is 0. The predicted octanol–water partition coefficient (Wildman–Crippen LogP) is 3.88. The van der Waals surface area contributed by atoms with Crippen molar-refractivity contribution in [2.75, 3.05) is 0 Å². The molecule has 3 heteroatoms. The summed E-state index contributed by atoms with van der Waals surface area (Å²) in [6.45, 7) is 0. The standard InChI is InChI=1S/C10H11BrOS/c11-8-5-10(13-6-8)9(12)4-7-2-1-3-7/h5-7H,1-4H2. The second kappa shape index (κ2) is 3.93. The molecule has 0 atom stereocenters. The van der Waals surface area contributed by atoms with Crippen molar-refractivity contribution in [3.63, 3.8) is 0 Å². The van der Waals surface area contributed by atoms with Gasteiger partial charge in [-0.1, -0.05) is 19.3 Å². The fraction of sp³-hybridized carbons (Fsp3) is 0.500. The molecule has 1 aromatic heterocycles. The quantitative estimate of drug-likeness (QED) is 0.753. The third-order valence-corrected chi connectivity index (χ3v) is 4.27. The number of Topliss-reactive ketones (excluding diaryl/α,β-unsaturated/α-hetero) is 1. The molecule has 0 radical (unpaired) electrons. The van der Waals surface area contributed by atoms with E-state index in [4.69, 9.17) is 0 Å². The lowest BCUT2D eigenvalue weighted by Crippen LogP contribution is -2.15. The average Bonchev–Trinajstić information content (AvgIpc) is 2.44. The maximum absolute atomic E-state index is 11.7. The Balaban J connectivity index is 1.96. The summed E-state index contributed by atoms with van der Waals surface area (Å²) in [6.07, 6.45) is 4.57. The van der Waals surface area contributed by atoms with E-state index in [1.165, 1.54) is 30.6 Å². The Bertz CT molecular complexity index is 314. The Morgan fingerprint density at radius 1 is 1.62 bits per heavy atom. The smallest absolute Gasteiger partial charge is 0.173 e. The molecule has 1 heterocycles. The van der Waals surface area contributed by atoms with Gasteiger partial charge in [-0.2, -0.15) is 0 Å². The summed E-state index contributed by atoms with van der Waals surface area (Å²) >= 11 is 4.89. The topological polar surface area (TPSA) is 17.1 Å². The van der Waals surface area contributed by atoms with Crippen molar-refractivity contribution in [1.29, 1.82) is 0 Å². The predicted molar refractivity (Wildman–Crippen MR) is 58.3 cm³/mol. The molecule has 1 aliphatic carbocycles. The lowest BCUT2D eigenvalue weighted by atomic mass is 9.82. The number of rotatable bonds is 3. The van der Waals surface area contributed by atoms with Gasteiger partial charge in [0.05, 0.1) is 4.88 Å². The van der Waals surface area contributed by atoms with E-state index in [2.05, 4.69) is 15.9 Å². The summed E-state index contributed by atoms with van der Waals surface area (Å²) in [6, 6.07) is 1.92. The number of carbonyl (C=O) groups is 1. The lowest BCUT2D eigenvalue weighted by Gasteiger charge is -2.23. The minimum Gasteiger partial charge on any atom is -0.293 e. The molecule has 0 aliphatic heterocycles. The van der Waals surface area contributed by atoms with E-state index in [1.807, 2.05) is 11.4 Å². The first-order valence-corrected chi connectivity index (χ1v) is 6.20. The summed E-state index contributed by atoms with van der Waals surface area (Å²) < 4.78 is 1.02. The van der Waals surface area contributed by atoms with E-state index in [-0.39, 0.29) is 0 Å². The zero-order chi connectivity index (χ0) is 9.26. The first-order chi connectivity index (χ1) is 6.25. The van der Waals surface area contributed by atoms with E-state index >= 15 is 0 Å². The number of thiophene rings is 1. The summed E-state index contributed by atoms with van der Waals surface area (Å²) in [5, 5.41) is 1.97. The molecule has 1 aromatic rings. The van der Waals surface area contributed by atoms with E-state index in [0.717, 1.165) is 15.8 Å². The summed E-state index contributed by atoms with van der Waals surface area (Å²) in [7, 11) is 0. The van der Waals surface area contributed by atoms with Crippen LogP contribution in [0.2, 0.25) is 0 Å². The van der Waals surface area contributed by atoms with Crippen LogP contribution in [0.5, 0.6) is 0 Å². The van der Waals surface area contributed by atoms with Crippen molar-refractivity contribution in [2.24, 2.45) is 5.92 Å². The van der Waals surface area contributed by atoms with Gasteiger partial charge in [-0.25, -0.2) is 0 Å². The Morgan fingerprint density at radius 3 is 2.85 bits per heavy atom. The molecule has 0 bridgehead atoms. The zero-order valence-corrected chi connectivity index (χ0v) is 9.66. The van der Waals surface area contributed by atoms with Gasteiger partial charge in [0, 0.05) is 16.3 Å². The van der Waals surface area contributed by atoms with E-state index < -0.39 is 0 Å². The van der Waals surface area contributed by atoms with Crippen molar-refractivity contribution >= 4 is 33.0 Å². The molecule has 0 N–H and O–H groups in total. The Hall–Kier alpha value is -0.150. The van der Waals surface area contributed by atoms with Gasteiger partial charge >= 0.3 is 0 Å². The second-order valence-electron chi connectivity index (χ2n) is 3.55. The normalized spacial score (nSPS) is 17.0. The monoisotopic (exact) mass is 258 g/mol. The second-order valence-corrected chi connectivity index (χ2v) is 5.38. The molecule has 1 saturated carbocycles. The van der Waals surface area contributed by atoms with Gasteiger partial charge < -0.3 is 0 Å². The largest absolute Gasteiger partial charge is 0.293 e. The Kier molecular flexibility index (Phi) is 2.84. The van der Waals surface area contributed by atoms with Gasteiger partial charge in [-0.05, 0) is 27.9 Å². The summed E-state index contributed by atoms with van der Waals surface area (Å²) in [4.78, 5) is 12.6.